The third-order valence-electron chi connectivity index (χ3n) is 3.06. The molecular formula is C12H17NO3. The Morgan fingerprint density at radius 2 is 2.50 bits per heavy atom. The number of esters is 1. The number of nitrogens with one attached hydrogen (secondary N) is 1. The molecule has 2 rings (SSSR count). The molecule has 1 saturated carbocycles. The standard InChI is InChI=1S/C12H17NO3/c1-3-8-5-11(8)13-6-10-4-9(7-16-10)12(14)15-2/h4,7-8,11,13H,3,5-6H2,1-2H3. The van der Waals surface area contributed by atoms with E-state index in [1.165, 1.54) is 26.2 Å². The van der Waals surface area contributed by atoms with Gasteiger partial charge in [0.05, 0.1) is 19.2 Å². The average Bonchev–Trinajstić information content (AvgIpc) is 2.92. The number of furan rings is 1. The summed E-state index contributed by atoms with van der Waals surface area (Å²) in [5.74, 6) is 1.24. The summed E-state index contributed by atoms with van der Waals surface area (Å²) in [6.45, 7) is 2.88. The topological polar surface area (TPSA) is 51.5 Å². The van der Waals surface area contributed by atoms with Gasteiger partial charge in [-0.15, -0.1) is 0 Å². The molecule has 4 heteroatoms. The summed E-state index contributed by atoms with van der Waals surface area (Å²) in [5, 5.41) is 3.40. The van der Waals surface area contributed by atoms with Crippen LogP contribution in [0.25, 0.3) is 0 Å². The van der Waals surface area contributed by atoms with Crippen molar-refractivity contribution in [1.29, 1.82) is 0 Å². The fraction of sp³-hybridized carbons (Fsp3) is 0.583. The monoisotopic (exact) mass is 223 g/mol. The molecule has 1 aromatic heterocycles. The lowest BCUT2D eigenvalue weighted by Gasteiger charge is -1.99. The van der Waals surface area contributed by atoms with Crippen molar-refractivity contribution in [2.75, 3.05) is 7.11 Å². The fourth-order valence-electron chi connectivity index (χ4n) is 1.88. The first-order chi connectivity index (χ1) is 7.74. The SMILES string of the molecule is CCC1CC1NCc1cc(C(=O)OC)co1. The first-order valence-corrected chi connectivity index (χ1v) is 5.63. The van der Waals surface area contributed by atoms with E-state index in [-0.39, 0.29) is 5.97 Å². The molecule has 0 aliphatic heterocycles. The minimum absolute atomic E-state index is 0.354. The Morgan fingerprint density at radius 1 is 1.69 bits per heavy atom. The Labute approximate surface area is 95.0 Å². The van der Waals surface area contributed by atoms with E-state index in [4.69, 9.17) is 4.42 Å². The largest absolute Gasteiger partial charge is 0.467 e. The van der Waals surface area contributed by atoms with E-state index in [0.29, 0.717) is 18.2 Å². The minimum Gasteiger partial charge on any atom is -0.467 e. The Hall–Kier alpha value is -1.29. The van der Waals surface area contributed by atoms with Crippen LogP contribution in [-0.4, -0.2) is 19.1 Å². The second kappa shape index (κ2) is 4.70. The van der Waals surface area contributed by atoms with Gasteiger partial charge in [-0.3, -0.25) is 0 Å². The van der Waals surface area contributed by atoms with E-state index in [9.17, 15) is 4.79 Å². The van der Waals surface area contributed by atoms with Crippen LogP contribution in [0.3, 0.4) is 0 Å². The number of hydrogen-bond acceptors (Lipinski definition) is 4. The van der Waals surface area contributed by atoms with Crippen molar-refractivity contribution < 1.29 is 13.9 Å². The summed E-state index contributed by atoms with van der Waals surface area (Å²) in [7, 11) is 1.36. The van der Waals surface area contributed by atoms with Gasteiger partial charge in [-0.05, 0) is 18.4 Å². The molecule has 2 unspecified atom stereocenters. The summed E-state index contributed by atoms with van der Waals surface area (Å²) < 4.78 is 9.87. The van der Waals surface area contributed by atoms with Crippen LogP contribution in [0.15, 0.2) is 16.7 Å². The zero-order valence-corrected chi connectivity index (χ0v) is 9.66. The van der Waals surface area contributed by atoms with Crippen molar-refractivity contribution >= 4 is 5.97 Å². The van der Waals surface area contributed by atoms with Gasteiger partial charge in [0.1, 0.15) is 12.0 Å². The van der Waals surface area contributed by atoms with Crippen LogP contribution in [0, 0.1) is 5.92 Å². The van der Waals surface area contributed by atoms with Crippen molar-refractivity contribution in [2.24, 2.45) is 5.92 Å². The maximum atomic E-state index is 11.2. The molecule has 0 aromatic carbocycles. The molecule has 1 aliphatic carbocycles. The Kier molecular flexibility index (Phi) is 3.29. The lowest BCUT2D eigenvalue weighted by Crippen LogP contribution is -2.17. The Morgan fingerprint density at radius 3 is 3.12 bits per heavy atom. The van der Waals surface area contributed by atoms with Crippen LogP contribution in [0.1, 0.15) is 35.9 Å². The predicted octanol–water partition coefficient (Wildman–Crippen LogP) is 1.95. The van der Waals surface area contributed by atoms with Crippen LogP contribution in [-0.2, 0) is 11.3 Å². The highest BCUT2D eigenvalue weighted by molar-refractivity contribution is 5.88. The van der Waals surface area contributed by atoms with Crippen LogP contribution in [0.4, 0.5) is 0 Å². The molecule has 1 N–H and O–H groups in total. The lowest BCUT2D eigenvalue weighted by atomic mass is 10.3. The molecule has 0 saturated heterocycles. The van der Waals surface area contributed by atoms with E-state index in [1.54, 1.807) is 6.07 Å². The van der Waals surface area contributed by atoms with E-state index in [0.717, 1.165) is 11.7 Å². The van der Waals surface area contributed by atoms with Crippen molar-refractivity contribution in [3.05, 3.63) is 23.7 Å². The summed E-state index contributed by atoms with van der Waals surface area (Å²) >= 11 is 0. The van der Waals surface area contributed by atoms with Crippen molar-refractivity contribution in [2.45, 2.75) is 32.4 Å². The van der Waals surface area contributed by atoms with Crippen molar-refractivity contribution in [3.63, 3.8) is 0 Å². The quantitative estimate of drug-likeness (QED) is 0.775. The van der Waals surface area contributed by atoms with Gasteiger partial charge < -0.3 is 14.5 Å². The zero-order valence-electron chi connectivity index (χ0n) is 9.66. The number of carbonyl (C=O) groups is 1. The second-order valence-corrected chi connectivity index (χ2v) is 4.18. The van der Waals surface area contributed by atoms with Crippen molar-refractivity contribution in [3.8, 4) is 0 Å². The number of methoxy groups -OCH3 is 1. The normalized spacial score (nSPS) is 23.1. The van der Waals surface area contributed by atoms with Crippen LogP contribution in [0.2, 0.25) is 0 Å². The van der Waals surface area contributed by atoms with Gasteiger partial charge in [-0.1, -0.05) is 13.3 Å². The molecule has 0 bridgehead atoms. The molecule has 1 aromatic rings. The summed E-state index contributed by atoms with van der Waals surface area (Å²) in [6, 6.07) is 2.35. The van der Waals surface area contributed by atoms with Crippen LogP contribution < -0.4 is 5.32 Å². The Bertz CT molecular complexity index is 372. The highest BCUT2D eigenvalue weighted by Crippen LogP contribution is 2.33. The van der Waals surface area contributed by atoms with Crippen LogP contribution in [0.5, 0.6) is 0 Å². The molecular weight excluding hydrogens is 206 g/mol. The molecule has 2 atom stereocenters. The molecule has 1 fully saturated rings. The van der Waals surface area contributed by atoms with Gasteiger partial charge in [0.25, 0.3) is 0 Å². The highest BCUT2D eigenvalue weighted by atomic mass is 16.5. The summed E-state index contributed by atoms with van der Waals surface area (Å²) in [5.41, 5.74) is 0.474. The van der Waals surface area contributed by atoms with Gasteiger partial charge >= 0.3 is 5.97 Å². The van der Waals surface area contributed by atoms with Gasteiger partial charge in [0, 0.05) is 6.04 Å². The second-order valence-electron chi connectivity index (χ2n) is 4.18. The number of carbonyl (C=O) groups excluding carboxylic acids is 1. The van der Waals surface area contributed by atoms with E-state index < -0.39 is 0 Å². The molecule has 1 heterocycles. The van der Waals surface area contributed by atoms with E-state index in [2.05, 4.69) is 17.0 Å². The molecule has 0 radical (unpaired) electrons. The van der Waals surface area contributed by atoms with Gasteiger partial charge in [-0.2, -0.15) is 0 Å². The number of hydrogen-bond donors (Lipinski definition) is 1. The first kappa shape index (κ1) is 11.2. The third-order valence-corrected chi connectivity index (χ3v) is 3.06. The Balaban J connectivity index is 1.82. The first-order valence-electron chi connectivity index (χ1n) is 5.63. The molecule has 88 valence electrons. The smallest absolute Gasteiger partial charge is 0.341 e. The fourth-order valence-corrected chi connectivity index (χ4v) is 1.88. The number of ether oxygens (including phenoxy) is 1. The minimum atomic E-state index is -0.354. The maximum absolute atomic E-state index is 11.2. The molecule has 16 heavy (non-hydrogen) atoms. The van der Waals surface area contributed by atoms with Crippen LogP contribution >= 0.6 is 0 Å². The average molecular weight is 223 g/mol. The predicted molar refractivity (Wildman–Crippen MR) is 59.1 cm³/mol. The third kappa shape index (κ3) is 2.44. The molecule has 1 aliphatic rings. The summed E-state index contributed by atoms with van der Waals surface area (Å²) in [4.78, 5) is 11.2. The molecule has 0 spiro atoms. The molecule has 0 amide bonds. The maximum Gasteiger partial charge on any atom is 0.341 e. The van der Waals surface area contributed by atoms with Gasteiger partial charge in [0.15, 0.2) is 0 Å². The van der Waals surface area contributed by atoms with E-state index >= 15 is 0 Å². The zero-order chi connectivity index (χ0) is 11.5. The highest BCUT2D eigenvalue weighted by Gasteiger charge is 2.34. The van der Waals surface area contributed by atoms with E-state index in [1.807, 2.05) is 0 Å². The van der Waals surface area contributed by atoms with Gasteiger partial charge in [0.2, 0.25) is 0 Å². The summed E-state index contributed by atoms with van der Waals surface area (Å²) in [6.07, 6.45) is 3.91. The molecule has 4 nitrogen and oxygen atoms in total. The number of rotatable bonds is 5. The van der Waals surface area contributed by atoms with Gasteiger partial charge in [-0.25, -0.2) is 4.79 Å². The van der Waals surface area contributed by atoms with Crippen molar-refractivity contribution in [1.82, 2.24) is 5.32 Å². The lowest BCUT2D eigenvalue weighted by molar-refractivity contribution is 0.0600.